The van der Waals surface area contributed by atoms with Gasteiger partial charge in [0.25, 0.3) is 0 Å². The average Bonchev–Trinajstić information content (AvgIpc) is 1.95. The van der Waals surface area contributed by atoms with Crippen molar-refractivity contribution in [1.82, 2.24) is 5.32 Å². The predicted molar refractivity (Wildman–Crippen MR) is 58.8 cm³/mol. The Hall–Kier alpha value is -0.0400. The Labute approximate surface area is 83.3 Å². The minimum Gasteiger partial charge on any atom is -0.317 e. The van der Waals surface area contributed by atoms with Crippen LogP contribution in [0.5, 0.6) is 0 Å². The topological polar surface area (TPSA) is 12.0 Å². The SMILES string of the molecule is CCNCC(CC(C)C)C1CCC1. The Balaban J connectivity index is 2.24. The van der Waals surface area contributed by atoms with E-state index in [1.54, 1.807) is 0 Å². The molecule has 0 aromatic carbocycles. The maximum Gasteiger partial charge on any atom is -0.00179 e. The standard InChI is InChI=1S/C12H25N/c1-4-13-9-12(8-10(2)3)11-6-5-7-11/h10-13H,4-9H2,1-3H3. The summed E-state index contributed by atoms with van der Waals surface area (Å²) in [5.74, 6) is 2.86. The van der Waals surface area contributed by atoms with Crippen molar-refractivity contribution in [1.29, 1.82) is 0 Å². The Morgan fingerprint density at radius 2 is 2.00 bits per heavy atom. The average molecular weight is 183 g/mol. The van der Waals surface area contributed by atoms with Gasteiger partial charge in [0.2, 0.25) is 0 Å². The monoisotopic (exact) mass is 183 g/mol. The van der Waals surface area contributed by atoms with Gasteiger partial charge in [-0.05, 0) is 37.3 Å². The van der Waals surface area contributed by atoms with Crippen LogP contribution in [0.3, 0.4) is 0 Å². The van der Waals surface area contributed by atoms with Gasteiger partial charge < -0.3 is 5.32 Å². The molecule has 1 saturated carbocycles. The Kier molecular flexibility index (Phi) is 4.79. The van der Waals surface area contributed by atoms with Gasteiger partial charge in [-0.2, -0.15) is 0 Å². The van der Waals surface area contributed by atoms with Crippen molar-refractivity contribution >= 4 is 0 Å². The summed E-state index contributed by atoms with van der Waals surface area (Å²) in [4.78, 5) is 0. The molecule has 1 aliphatic rings. The molecule has 0 bridgehead atoms. The van der Waals surface area contributed by atoms with E-state index in [-0.39, 0.29) is 0 Å². The van der Waals surface area contributed by atoms with E-state index in [0.29, 0.717) is 0 Å². The molecule has 1 unspecified atom stereocenters. The zero-order chi connectivity index (χ0) is 9.68. The highest BCUT2D eigenvalue weighted by molar-refractivity contribution is 4.79. The highest BCUT2D eigenvalue weighted by atomic mass is 14.8. The van der Waals surface area contributed by atoms with Gasteiger partial charge in [-0.25, -0.2) is 0 Å². The molecule has 1 atom stereocenters. The second-order valence-electron chi connectivity index (χ2n) is 4.89. The van der Waals surface area contributed by atoms with Crippen molar-refractivity contribution in [3.05, 3.63) is 0 Å². The molecule has 0 aliphatic heterocycles. The summed E-state index contributed by atoms with van der Waals surface area (Å²) in [6, 6.07) is 0. The first-order chi connectivity index (χ1) is 6.24. The Bertz CT molecular complexity index is 127. The van der Waals surface area contributed by atoms with E-state index in [2.05, 4.69) is 26.1 Å². The molecule has 0 saturated heterocycles. The highest BCUT2D eigenvalue weighted by Gasteiger charge is 2.26. The molecule has 0 amide bonds. The Morgan fingerprint density at radius 1 is 1.31 bits per heavy atom. The van der Waals surface area contributed by atoms with Crippen molar-refractivity contribution in [2.75, 3.05) is 13.1 Å². The van der Waals surface area contributed by atoms with Crippen LogP contribution in [0, 0.1) is 17.8 Å². The third-order valence-corrected chi connectivity index (χ3v) is 3.25. The minimum absolute atomic E-state index is 0.865. The molecule has 1 aliphatic carbocycles. The van der Waals surface area contributed by atoms with Crippen molar-refractivity contribution in [2.45, 2.75) is 46.5 Å². The molecule has 0 heterocycles. The van der Waals surface area contributed by atoms with Gasteiger partial charge in [0.1, 0.15) is 0 Å². The minimum atomic E-state index is 0.865. The second-order valence-corrected chi connectivity index (χ2v) is 4.89. The van der Waals surface area contributed by atoms with Gasteiger partial charge in [-0.3, -0.25) is 0 Å². The molecule has 1 fully saturated rings. The van der Waals surface area contributed by atoms with Crippen LogP contribution in [0.2, 0.25) is 0 Å². The predicted octanol–water partition coefficient (Wildman–Crippen LogP) is 3.06. The van der Waals surface area contributed by atoms with E-state index >= 15 is 0 Å². The van der Waals surface area contributed by atoms with Crippen LogP contribution >= 0.6 is 0 Å². The van der Waals surface area contributed by atoms with E-state index < -0.39 is 0 Å². The van der Waals surface area contributed by atoms with Crippen LogP contribution in [0.4, 0.5) is 0 Å². The lowest BCUT2D eigenvalue weighted by Crippen LogP contribution is -2.32. The normalized spacial score (nSPS) is 20.3. The molecule has 1 rings (SSSR count). The van der Waals surface area contributed by atoms with Crippen molar-refractivity contribution in [3.63, 3.8) is 0 Å². The van der Waals surface area contributed by atoms with Gasteiger partial charge in [0.15, 0.2) is 0 Å². The second kappa shape index (κ2) is 5.64. The maximum absolute atomic E-state index is 3.50. The zero-order valence-corrected chi connectivity index (χ0v) is 9.47. The van der Waals surface area contributed by atoms with E-state index in [1.807, 2.05) is 0 Å². The number of hydrogen-bond acceptors (Lipinski definition) is 1. The van der Waals surface area contributed by atoms with Crippen LogP contribution in [0.25, 0.3) is 0 Å². The lowest BCUT2D eigenvalue weighted by molar-refractivity contribution is 0.177. The van der Waals surface area contributed by atoms with E-state index in [0.717, 1.165) is 24.3 Å². The van der Waals surface area contributed by atoms with Crippen LogP contribution in [-0.4, -0.2) is 13.1 Å². The lowest BCUT2D eigenvalue weighted by Gasteiger charge is -2.35. The lowest BCUT2D eigenvalue weighted by atomic mass is 9.73. The van der Waals surface area contributed by atoms with Gasteiger partial charge in [0.05, 0.1) is 0 Å². The molecule has 1 nitrogen and oxygen atoms in total. The first-order valence-electron chi connectivity index (χ1n) is 5.94. The summed E-state index contributed by atoms with van der Waals surface area (Å²) in [5, 5.41) is 3.50. The highest BCUT2D eigenvalue weighted by Crippen LogP contribution is 2.36. The van der Waals surface area contributed by atoms with Crippen LogP contribution < -0.4 is 5.32 Å². The van der Waals surface area contributed by atoms with Gasteiger partial charge in [-0.15, -0.1) is 0 Å². The first-order valence-corrected chi connectivity index (χ1v) is 5.94. The fourth-order valence-corrected chi connectivity index (χ4v) is 2.29. The summed E-state index contributed by atoms with van der Waals surface area (Å²) in [6.07, 6.45) is 5.87. The van der Waals surface area contributed by atoms with Gasteiger partial charge >= 0.3 is 0 Å². The molecular weight excluding hydrogens is 158 g/mol. The number of rotatable bonds is 6. The van der Waals surface area contributed by atoms with E-state index in [9.17, 15) is 0 Å². The summed E-state index contributed by atoms with van der Waals surface area (Å²) >= 11 is 0. The molecule has 1 N–H and O–H groups in total. The molecular formula is C12H25N. The summed E-state index contributed by atoms with van der Waals surface area (Å²) in [7, 11) is 0. The summed E-state index contributed by atoms with van der Waals surface area (Å²) in [5.41, 5.74) is 0. The van der Waals surface area contributed by atoms with Crippen LogP contribution in [-0.2, 0) is 0 Å². The molecule has 0 radical (unpaired) electrons. The number of hydrogen-bond donors (Lipinski definition) is 1. The molecule has 0 aromatic heterocycles. The quantitative estimate of drug-likeness (QED) is 0.667. The zero-order valence-electron chi connectivity index (χ0n) is 9.47. The molecule has 0 spiro atoms. The fourth-order valence-electron chi connectivity index (χ4n) is 2.29. The Morgan fingerprint density at radius 3 is 2.38 bits per heavy atom. The summed E-state index contributed by atoms with van der Waals surface area (Å²) < 4.78 is 0. The maximum atomic E-state index is 3.50. The smallest absolute Gasteiger partial charge is 0.00179 e. The van der Waals surface area contributed by atoms with E-state index in [1.165, 1.54) is 32.2 Å². The molecule has 1 heteroatoms. The van der Waals surface area contributed by atoms with Crippen molar-refractivity contribution in [2.24, 2.45) is 17.8 Å². The molecule has 78 valence electrons. The van der Waals surface area contributed by atoms with Crippen LogP contribution in [0.1, 0.15) is 46.5 Å². The summed E-state index contributed by atoms with van der Waals surface area (Å²) in [6.45, 7) is 9.27. The van der Waals surface area contributed by atoms with Gasteiger partial charge in [-0.1, -0.05) is 40.0 Å². The number of nitrogens with one attached hydrogen (secondary N) is 1. The van der Waals surface area contributed by atoms with E-state index in [4.69, 9.17) is 0 Å². The fraction of sp³-hybridized carbons (Fsp3) is 1.00. The van der Waals surface area contributed by atoms with Gasteiger partial charge in [0, 0.05) is 0 Å². The largest absolute Gasteiger partial charge is 0.317 e. The third-order valence-electron chi connectivity index (χ3n) is 3.25. The van der Waals surface area contributed by atoms with Crippen molar-refractivity contribution in [3.8, 4) is 0 Å². The van der Waals surface area contributed by atoms with Crippen LogP contribution in [0.15, 0.2) is 0 Å². The molecule has 0 aromatic rings. The first kappa shape index (κ1) is 11.0. The third kappa shape index (κ3) is 3.68. The molecule has 13 heavy (non-hydrogen) atoms. The van der Waals surface area contributed by atoms with Crippen molar-refractivity contribution < 1.29 is 0 Å².